The number of hydrogen-bond acceptors (Lipinski definition) is 3. The van der Waals surface area contributed by atoms with Crippen molar-refractivity contribution < 1.29 is 4.74 Å². The van der Waals surface area contributed by atoms with Crippen LogP contribution < -0.4 is 10.5 Å². The van der Waals surface area contributed by atoms with E-state index in [1.165, 1.54) is 0 Å². The van der Waals surface area contributed by atoms with Crippen LogP contribution in [0.15, 0.2) is 23.2 Å². The van der Waals surface area contributed by atoms with Crippen LogP contribution in [-0.4, -0.2) is 17.3 Å². The molecule has 0 atom stereocenters. The van der Waals surface area contributed by atoms with Gasteiger partial charge in [-0.05, 0) is 39.0 Å². The average Bonchev–Trinajstić information content (AvgIpc) is 2.40. The molecule has 1 aromatic carbocycles. The van der Waals surface area contributed by atoms with Gasteiger partial charge in [-0.2, -0.15) is 0 Å². The van der Waals surface area contributed by atoms with Crippen LogP contribution in [0.5, 0.6) is 5.75 Å². The first kappa shape index (κ1) is 10.7. The standard InChI is InChI=1S/C12H15N3O/c1-12(2,3)16-7-4-5-8-9(6-7)11(14)15-10(8)13/h4-6H,1-3H3,(H3,13,14,15). The highest BCUT2D eigenvalue weighted by atomic mass is 16.5. The summed E-state index contributed by atoms with van der Waals surface area (Å²) in [5.41, 5.74) is 7.03. The molecule has 4 nitrogen and oxygen atoms in total. The number of benzene rings is 1. The number of nitrogens with one attached hydrogen (secondary N) is 1. The van der Waals surface area contributed by atoms with Gasteiger partial charge in [-0.25, -0.2) is 4.99 Å². The summed E-state index contributed by atoms with van der Waals surface area (Å²) in [5.74, 6) is 1.35. The lowest BCUT2D eigenvalue weighted by Crippen LogP contribution is -2.23. The minimum atomic E-state index is -0.244. The number of fused-ring (bicyclic) bond motifs is 1. The van der Waals surface area contributed by atoms with Crippen LogP contribution in [-0.2, 0) is 0 Å². The van der Waals surface area contributed by atoms with Crippen molar-refractivity contribution in [1.29, 1.82) is 5.41 Å². The van der Waals surface area contributed by atoms with Crippen LogP contribution in [0.25, 0.3) is 0 Å². The maximum absolute atomic E-state index is 7.60. The van der Waals surface area contributed by atoms with Gasteiger partial charge in [0, 0.05) is 11.1 Å². The van der Waals surface area contributed by atoms with Gasteiger partial charge in [-0.15, -0.1) is 0 Å². The molecule has 3 N–H and O–H groups in total. The molecular formula is C12H15N3O. The van der Waals surface area contributed by atoms with E-state index >= 15 is 0 Å². The lowest BCUT2D eigenvalue weighted by Gasteiger charge is -2.21. The third-order valence-electron chi connectivity index (χ3n) is 2.18. The van der Waals surface area contributed by atoms with E-state index in [1.807, 2.05) is 39.0 Å². The van der Waals surface area contributed by atoms with Crippen molar-refractivity contribution in [3.63, 3.8) is 0 Å². The molecule has 0 radical (unpaired) electrons. The Morgan fingerprint density at radius 2 is 1.94 bits per heavy atom. The van der Waals surface area contributed by atoms with Crippen LogP contribution in [0.4, 0.5) is 0 Å². The molecule has 0 saturated carbocycles. The van der Waals surface area contributed by atoms with Crippen molar-refractivity contribution in [2.24, 2.45) is 10.7 Å². The van der Waals surface area contributed by atoms with E-state index in [2.05, 4.69) is 4.99 Å². The highest BCUT2D eigenvalue weighted by Gasteiger charge is 2.20. The number of aliphatic imine (C=N–C) groups is 1. The predicted molar refractivity (Wildman–Crippen MR) is 64.4 cm³/mol. The molecule has 2 rings (SSSR count). The Hall–Kier alpha value is -1.84. The maximum atomic E-state index is 7.60. The Kier molecular flexibility index (Phi) is 2.22. The highest BCUT2D eigenvalue weighted by molar-refractivity contribution is 6.20. The number of ether oxygens (including phenoxy) is 1. The summed E-state index contributed by atoms with van der Waals surface area (Å²) in [7, 11) is 0. The van der Waals surface area contributed by atoms with Crippen molar-refractivity contribution in [3.8, 4) is 5.75 Å². The molecule has 0 amide bonds. The molecule has 1 aliphatic heterocycles. The first-order valence-electron chi connectivity index (χ1n) is 5.13. The van der Waals surface area contributed by atoms with Crippen LogP contribution in [0, 0.1) is 5.41 Å². The fraction of sp³-hybridized carbons (Fsp3) is 0.333. The van der Waals surface area contributed by atoms with E-state index in [1.54, 1.807) is 0 Å². The molecule has 0 aromatic heterocycles. The smallest absolute Gasteiger partial charge is 0.154 e. The van der Waals surface area contributed by atoms with Crippen molar-refractivity contribution in [3.05, 3.63) is 29.3 Å². The number of nitrogens with zero attached hydrogens (tertiary/aromatic N) is 1. The molecule has 0 unspecified atom stereocenters. The fourth-order valence-electron chi connectivity index (χ4n) is 1.60. The molecule has 16 heavy (non-hydrogen) atoms. The van der Waals surface area contributed by atoms with Gasteiger partial charge in [0.25, 0.3) is 0 Å². The molecule has 0 saturated heterocycles. The predicted octanol–water partition coefficient (Wildman–Crippen LogP) is 1.91. The average molecular weight is 217 g/mol. The zero-order valence-electron chi connectivity index (χ0n) is 9.66. The molecule has 84 valence electrons. The Balaban J connectivity index is 2.38. The minimum absolute atomic E-state index is 0.217. The second kappa shape index (κ2) is 3.33. The van der Waals surface area contributed by atoms with Gasteiger partial charge in [0.05, 0.1) is 0 Å². The molecule has 0 fully saturated rings. The van der Waals surface area contributed by atoms with Crippen LogP contribution in [0.1, 0.15) is 31.9 Å². The third-order valence-corrected chi connectivity index (χ3v) is 2.18. The molecule has 0 spiro atoms. The molecule has 1 heterocycles. The Labute approximate surface area is 94.6 Å². The van der Waals surface area contributed by atoms with Gasteiger partial charge in [-0.3, -0.25) is 5.41 Å². The Bertz CT molecular complexity index is 484. The van der Waals surface area contributed by atoms with E-state index in [9.17, 15) is 0 Å². The van der Waals surface area contributed by atoms with Crippen LogP contribution in [0.2, 0.25) is 0 Å². The van der Waals surface area contributed by atoms with Crippen molar-refractivity contribution in [2.45, 2.75) is 26.4 Å². The van der Waals surface area contributed by atoms with Crippen molar-refractivity contribution >= 4 is 11.7 Å². The zero-order valence-corrected chi connectivity index (χ0v) is 9.66. The quantitative estimate of drug-likeness (QED) is 0.754. The minimum Gasteiger partial charge on any atom is -0.488 e. The van der Waals surface area contributed by atoms with Crippen LogP contribution >= 0.6 is 0 Å². The largest absolute Gasteiger partial charge is 0.488 e. The van der Waals surface area contributed by atoms with E-state index in [-0.39, 0.29) is 11.4 Å². The Morgan fingerprint density at radius 3 is 2.56 bits per heavy atom. The van der Waals surface area contributed by atoms with Gasteiger partial charge in [-0.1, -0.05) is 0 Å². The molecule has 4 heteroatoms. The summed E-state index contributed by atoms with van der Waals surface area (Å²) in [6.07, 6.45) is 0. The molecule has 0 bridgehead atoms. The molecular weight excluding hydrogens is 202 g/mol. The van der Waals surface area contributed by atoms with Gasteiger partial charge >= 0.3 is 0 Å². The summed E-state index contributed by atoms with van der Waals surface area (Å²) >= 11 is 0. The monoisotopic (exact) mass is 217 g/mol. The normalized spacial score (nSPS) is 14.7. The summed E-state index contributed by atoms with van der Waals surface area (Å²) in [5, 5.41) is 7.60. The van der Waals surface area contributed by atoms with Crippen molar-refractivity contribution in [1.82, 2.24) is 0 Å². The van der Waals surface area contributed by atoms with E-state index in [0.717, 1.165) is 16.9 Å². The van der Waals surface area contributed by atoms with Crippen LogP contribution in [0.3, 0.4) is 0 Å². The zero-order chi connectivity index (χ0) is 11.9. The van der Waals surface area contributed by atoms with Gasteiger partial charge in [0.2, 0.25) is 0 Å². The SMILES string of the molecule is CC(C)(C)Oc1ccc2c(c1)C(N)=NC2=N. The number of nitrogens with two attached hydrogens (primary N) is 1. The summed E-state index contributed by atoms with van der Waals surface area (Å²) < 4.78 is 5.73. The second-order valence-electron chi connectivity index (χ2n) is 4.77. The lowest BCUT2D eigenvalue weighted by atomic mass is 10.1. The number of hydrogen-bond donors (Lipinski definition) is 2. The van der Waals surface area contributed by atoms with E-state index in [0.29, 0.717) is 5.84 Å². The molecule has 1 aliphatic rings. The highest BCUT2D eigenvalue weighted by Crippen LogP contribution is 2.25. The van der Waals surface area contributed by atoms with E-state index < -0.39 is 0 Å². The Morgan fingerprint density at radius 1 is 1.25 bits per heavy atom. The first-order chi connectivity index (χ1) is 7.37. The van der Waals surface area contributed by atoms with Gasteiger partial charge in [0.1, 0.15) is 17.2 Å². The van der Waals surface area contributed by atoms with Gasteiger partial charge in [0.15, 0.2) is 5.84 Å². The maximum Gasteiger partial charge on any atom is 0.154 e. The molecule has 1 aromatic rings. The van der Waals surface area contributed by atoms with E-state index in [4.69, 9.17) is 15.9 Å². The summed E-state index contributed by atoms with van der Waals surface area (Å²) in [4.78, 5) is 3.92. The third kappa shape index (κ3) is 1.91. The van der Waals surface area contributed by atoms with Gasteiger partial charge < -0.3 is 10.5 Å². The van der Waals surface area contributed by atoms with Crippen molar-refractivity contribution in [2.75, 3.05) is 0 Å². The molecule has 0 aliphatic carbocycles. The summed E-state index contributed by atoms with van der Waals surface area (Å²) in [6, 6.07) is 5.50. The fourth-order valence-corrected chi connectivity index (χ4v) is 1.60. The topological polar surface area (TPSA) is 71.5 Å². The second-order valence-corrected chi connectivity index (χ2v) is 4.77. The lowest BCUT2D eigenvalue weighted by molar-refractivity contribution is 0.131. The number of amidine groups is 2. The summed E-state index contributed by atoms with van der Waals surface area (Å²) in [6.45, 7) is 5.96. The first-order valence-corrected chi connectivity index (χ1v) is 5.13. The number of rotatable bonds is 1.